The highest BCUT2D eigenvalue weighted by atomic mass is 35.5. The van der Waals surface area contributed by atoms with Crippen LogP contribution in [0, 0.1) is 5.92 Å². The maximum atomic E-state index is 12.6. The van der Waals surface area contributed by atoms with E-state index in [1.807, 2.05) is 11.8 Å². The summed E-state index contributed by atoms with van der Waals surface area (Å²) in [7, 11) is 0. The van der Waals surface area contributed by atoms with Crippen molar-refractivity contribution in [2.45, 2.75) is 32.0 Å². The van der Waals surface area contributed by atoms with Gasteiger partial charge in [0.15, 0.2) is 0 Å². The normalized spacial score (nSPS) is 19.2. The molecule has 7 heteroatoms. The monoisotopic (exact) mass is 307 g/mol. The van der Waals surface area contributed by atoms with E-state index in [0.29, 0.717) is 24.8 Å². The van der Waals surface area contributed by atoms with Crippen molar-refractivity contribution in [3.8, 4) is 0 Å². The second-order valence-corrected chi connectivity index (χ2v) is 5.62. The Balaban J connectivity index is 2.11. The molecule has 0 bridgehead atoms. The van der Waals surface area contributed by atoms with Crippen molar-refractivity contribution < 1.29 is 13.2 Å². The highest BCUT2D eigenvalue weighted by Gasteiger charge is 2.32. The molecular weight excluding hydrogens is 291 g/mol. The van der Waals surface area contributed by atoms with Gasteiger partial charge in [-0.2, -0.15) is 13.2 Å². The molecule has 20 heavy (non-hydrogen) atoms. The number of hydrogen-bond acceptors (Lipinski definition) is 3. The van der Waals surface area contributed by atoms with Crippen LogP contribution in [0.1, 0.15) is 25.3 Å². The Morgan fingerprint density at radius 2 is 2.00 bits per heavy atom. The molecule has 0 spiro atoms. The molecule has 0 aromatic carbocycles. The third-order valence-corrected chi connectivity index (χ3v) is 4.01. The molecule has 2 rings (SSSR count). The molecule has 1 aliphatic rings. The zero-order valence-electron chi connectivity index (χ0n) is 11.1. The molecule has 0 aliphatic carbocycles. The molecule has 0 radical (unpaired) electrons. The van der Waals surface area contributed by atoms with Crippen LogP contribution in [0.4, 0.5) is 19.0 Å². The second kappa shape index (κ2) is 5.77. The number of anilines is 1. The first kappa shape index (κ1) is 15.4. The summed E-state index contributed by atoms with van der Waals surface area (Å²) >= 11 is 5.94. The van der Waals surface area contributed by atoms with Gasteiger partial charge in [-0.25, -0.2) is 4.98 Å². The van der Waals surface area contributed by atoms with Gasteiger partial charge in [0.1, 0.15) is 5.82 Å². The van der Waals surface area contributed by atoms with E-state index in [0.717, 1.165) is 25.1 Å². The van der Waals surface area contributed by atoms with Crippen molar-refractivity contribution in [2.75, 3.05) is 18.0 Å². The van der Waals surface area contributed by atoms with Gasteiger partial charge in [0.05, 0.1) is 10.6 Å². The Kier molecular flexibility index (Phi) is 4.44. The van der Waals surface area contributed by atoms with Gasteiger partial charge in [-0.05, 0) is 31.7 Å². The minimum Gasteiger partial charge on any atom is -0.355 e. The molecule has 1 aliphatic heterocycles. The van der Waals surface area contributed by atoms with E-state index < -0.39 is 11.7 Å². The Labute approximate surface area is 120 Å². The zero-order valence-corrected chi connectivity index (χ0v) is 11.9. The number of rotatable bonds is 2. The standard InChI is InChI=1S/C13H17ClF3N3/c1-8(18)9-2-4-20(5-3-9)12-11(14)6-10(7-19-12)13(15,16)17/h6-9H,2-5,18H2,1H3. The molecule has 1 unspecified atom stereocenters. The zero-order chi connectivity index (χ0) is 14.9. The van der Waals surface area contributed by atoms with Crippen LogP contribution in [0.5, 0.6) is 0 Å². The minimum absolute atomic E-state index is 0.0408. The highest BCUT2D eigenvalue weighted by Crippen LogP contribution is 2.34. The van der Waals surface area contributed by atoms with Gasteiger partial charge < -0.3 is 10.6 Å². The Bertz CT molecular complexity index is 468. The smallest absolute Gasteiger partial charge is 0.355 e. The van der Waals surface area contributed by atoms with E-state index in [1.54, 1.807) is 0 Å². The predicted molar refractivity (Wildman–Crippen MR) is 72.8 cm³/mol. The fourth-order valence-corrected chi connectivity index (χ4v) is 2.74. The number of hydrogen-bond donors (Lipinski definition) is 1. The van der Waals surface area contributed by atoms with Gasteiger partial charge in [-0.3, -0.25) is 0 Å². The lowest BCUT2D eigenvalue weighted by atomic mass is 9.91. The summed E-state index contributed by atoms with van der Waals surface area (Å²) in [4.78, 5) is 5.80. The van der Waals surface area contributed by atoms with Crippen LogP contribution in [-0.2, 0) is 6.18 Å². The third-order valence-electron chi connectivity index (χ3n) is 3.73. The lowest BCUT2D eigenvalue weighted by Gasteiger charge is -2.34. The predicted octanol–water partition coefficient (Wildman–Crippen LogP) is 3.32. The first-order valence-electron chi connectivity index (χ1n) is 6.52. The van der Waals surface area contributed by atoms with Crippen molar-refractivity contribution >= 4 is 17.4 Å². The van der Waals surface area contributed by atoms with Crippen LogP contribution >= 0.6 is 11.6 Å². The Morgan fingerprint density at radius 1 is 1.40 bits per heavy atom. The largest absolute Gasteiger partial charge is 0.417 e. The van der Waals surface area contributed by atoms with Crippen LogP contribution in [0.2, 0.25) is 5.02 Å². The molecule has 2 N–H and O–H groups in total. The highest BCUT2D eigenvalue weighted by molar-refractivity contribution is 6.33. The topological polar surface area (TPSA) is 42.1 Å². The molecule has 1 aromatic heterocycles. The number of alkyl halides is 3. The Hall–Kier alpha value is -1.01. The summed E-state index contributed by atoms with van der Waals surface area (Å²) in [6, 6.07) is 1.06. The number of pyridine rings is 1. The first-order chi connectivity index (χ1) is 9.29. The third kappa shape index (κ3) is 3.35. The molecule has 2 heterocycles. The van der Waals surface area contributed by atoms with E-state index in [1.165, 1.54) is 0 Å². The summed E-state index contributed by atoms with van der Waals surface area (Å²) in [6.07, 6.45) is -1.79. The maximum Gasteiger partial charge on any atom is 0.417 e. The van der Waals surface area contributed by atoms with Crippen LogP contribution in [-0.4, -0.2) is 24.1 Å². The Morgan fingerprint density at radius 3 is 2.45 bits per heavy atom. The van der Waals surface area contributed by atoms with Crippen LogP contribution in [0.25, 0.3) is 0 Å². The van der Waals surface area contributed by atoms with E-state index in [9.17, 15) is 13.2 Å². The van der Waals surface area contributed by atoms with E-state index in [-0.39, 0.29) is 11.1 Å². The van der Waals surface area contributed by atoms with E-state index in [2.05, 4.69) is 4.98 Å². The van der Waals surface area contributed by atoms with Crippen LogP contribution in [0.15, 0.2) is 12.3 Å². The van der Waals surface area contributed by atoms with Gasteiger partial charge >= 0.3 is 6.18 Å². The van der Waals surface area contributed by atoms with Gasteiger partial charge in [-0.1, -0.05) is 11.6 Å². The molecule has 3 nitrogen and oxygen atoms in total. The quantitative estimate of drug-likeness (QED) is 0.911. The molecule has 1 fully saturated rings. The second-order valence-electron chi connectivity index (χ2n) is 5.21. The molecule has 1 atom stereocenters. The first-order valence-corrected chi connectivity index (χ1v) is 6.90. The minimum atomic E-state index is -4.42. The molecule has 1 saturated heterocycles. The molecular formula is C13H17ClF3N3. The number of piperidine rings is 1. The van der Waals surface area contributed by atoms with Gasteiger partial charge in [0.2, 0.25) is 0 Å². The summed E-state index contributed by atoms with van der Waals surface area (Å²) < 4.78 is 37.7. The van der Waals surface area contributed by atoms with Crippen molar-refractivity contribution in [1.29, 1.82) is 0 Å². The molecule has 1 aromatic rings. The van der Waals surface area contributed by atoms with Gasteiger partial charge in [0.25, 0.3) is 0 Å². The summed E-state index contributed by atoms with van der Waals surface area (Å²) in [5, 5.41) is 0.0408. The van der Waals surface area contributed by atoms with Crippen LogP contribution in [0.3, 0.4) is 0 Å². The number of aromatic nitrogens is 1. The molecule has 0 saturated carbocycles. The van der Waals surface area contributed by atoms with Gasteiger partial charge in [0, 0.05) is 25.3 Å². The number of halogens is 4. The lowest BCUT2D eigenvalue weighted by Crippen LogP contribution is -2.40. The molecule has 0 amide bonds. The average molecular weight is 308 g/mol. The van der Waals surface area contributed by atoms with Crippen LogP contribution < -0.4 is 10.6 Å². The fraction of sp³-hybridized carbons (Fsp3) is 0.615. The maximum absolute atomic E-state index is 12.6. The summed E-state index contributed by atoms with van der Waals surface area (Å²) in [5.41, 5.74) is 5.04. The van der Waals surface area contributed by atoms with Crippen molar-refractivity contribution in [3.63, 3.8) is 0 Å². The van der Waals surface area contributed by atoms with Crippen molar-refractivity contribution in [3.05, 3.63) is 22.8 Å². The summed E-state index contributed by atoms with van der Waals surface area (Å²) in [5.74, 6) is 0.863. The summed E-state index contributed by atoms with van der Waals surface area (Å²) in [6.45, 7) is 3.40. The van der Waals surface area contributed by atoms with E-state index in [4.69, 9.17) is 17.3 Å². The van der Waals surface area contributed by atoms with Crippen molar-refractivity contribution in [1.82, 2.24) is 4.98 Å². The van der Waals surface area contributed by atoms with Crippen molar-refractivity contribution in [2.24, 2.45) is 11.7 Å². The SMILES string of the molecule is CC(N)C1CCN(c2ncc(C(F)(F)F)cc2Cl)CC1. The lowest BCUT2D eigenvalue weighted by molar-refractivity contribution is -0.137. The van der Waals surface area contributed by atoms with Gasteiger partial charge in [-0.15, -0.1) is 0 Å². The fourth-order valence-electron chi connectivity index (χ4n) is 2.46. The van der Waals surface area contributed by atoms with E-state index >= 15 is 0 Å². The average Bonchev–Trinajstić information content (AvgIpc) is 2.37. The number of nitrogens with two attached hydrogens (primary N) is 1. The number of nitrogens with zero attached hydrogens (tertiary/aromatic N) is 2. The molecule has 112 valence electrons.